The van der Waals surface area contributed by atoms with Crippen LogP contribution in [-0.4, -0.2) is 25.7 Å². The minimum Gasteiger partial charge on any atom is -0.460 e. The molecule has 1 amide bonds. The molecule has 0 saturated carbocycles. The molecule has 7 heteroatoms. The molecular weight excluding hydrogens is 294 g/mol. The topological polar surface area (TPSA) is 88.7 Å². The van der Waals surface area contributed by atoms with E-state index in [-0.39, 0.29) is 11.8 Å². The number of carbonyl (C=O) groups excluding carboxylic acids is 1. The lowest BCUT2D eigenvalue weighted by Crippen LogP contribution is -2.30. The SMILES string of the molecule is Cc1ccc(-c2cc(NC(=O)C3CCn4cncc4C3)n[nH]2)o1. The fourth-order valence-corrected chi connectivity index (χ4v) is 2.91. The van der Waals surface area contributed by atoms with Crippen molar-refractivity contribution in [2.45, 2.75) is 26.3 Å². The highest BCUT2D eigenvalue weighted by atomic mass is 16.3. The van der Waals surface area contributed by atoms with Crippen molar-refractivity contribution < 1.29 is 9.21 Å². The van der Waals surface area contributed by atoms with Gasteiger partial charge in [0.1, 0.15) is 11.5 Å². The monoisotopic (exact) mass is 311 g/mol. The number of hydrogen-bond acceptors (Lipinski definition) is 4. The molecule has 2 N–H and O–H groups in total. The van der Waals surface area contributed by atoms with Gasteiger partial charge in [0, 0.05) is 36.8 Å². The Morgan fingerprint density at radius 1 is 1.48 bits per heavy atom. The first-order valence-electron chi connectivity index (χ1n) is 7.61. The number of amides is 1. The van der Waals surface area contributed by atoms with E-state index in [2.05, 4.69) is 25.1 Å². The van der Waals surface area contributed by atoms with Crippen LogP contribution in [0.3, 0.4) is 0 Å². The van der Waals surface area contributed by atoms with Crippen molar-refractivity contribution >= 4 is 11.7 Å². The summed E-state index contributed by atoms with van der Waals surface area (Å²) in [6, 6.07) is 5.54. The Balaban J connectivity index is 1.44. The summed E-state index contributed by atoms with van der Waals surface area (Å²) in [5, 5.41) is 9.90. The number of imidazole rings is 1. The molecule has 0 aliphatic carbocycles. The van der Waals surface area contributed by atoms with Crippen LogP contribution in [0.1, 0.15) is 17.9 Å². The molecule has 0 bridgehead atoms. The Kier molecular flexibility index (Phi) is 3.25. The molecule has 1 atom stereocenters. The molecule has 7 nitrogen and oxygen atoms in total. The number of aryl methyl sites for hydroxylation is 2. The minimum atomic E-state index is -0.0507. The van der Waals surface area contributed by atoms with E-state index in [1.807, 2.05) is 31.6 Å². The van der Waals surface area contributed by atoms with Crippen molar-refractivity contribution in [1.82, 2.24) is 19.7 Å². The van der Waals surface area contributed by atoms with E-state index in [4.69, 9.17) is 4.42 Å². The van der Waals surface area contributed by atoms with Crippen molar-refractivity contribution in [2.75, 3.05) is 5.32 Å². The second-order valence-electron chi connectivity index (χ2n) is 5.83. The Labute approximate surface area is 132 Å². The highest BCUT2D eigenvalue weighted by Crippen LogP contribution is 2.24. The molecule has 0 fully saturated rings. The third kappa shape index (κ3) is 2.65. The Hall–Kier alpha value is -2.83. The first-order chi connectivity index (χ1) is 11.2. The summed E-state index contributed by atoms with van der Waals surface area (Å²) in [6.07, 6.45) is 5.16. The fourth-order valence-electron chi connectivity index (χ4n) is 2.91. The van der Waals surface area contributed by atoms with E-state index >= 15 is 0 Å². The summed E-state index contributed by atoms with van der Waals surface area (Å²) >= 11 is 0. The van der Waals surface area contributed by atoms with Crippen LogP contribution in [-0.2, 0) is 17.8 Å². The van der Waals surface area contributed by atoms with Gasteiger partial charge in [0.25, 0.3) is 0 Å². The van der Waals surface area contributed by atoms with Gasteiger partial charge in [-0.2, -0.15) is 5.10 Å². The molecule has 1 aliphatic rings. The largest absolute Gasteiger partial charge is 0.460 e. The van der Waals surface area contributed by atoms with Crippen LogP contribution < -0.4 is 5.32 Å². The van der Waals surface area contributed by atoms with E-state index in [9.17, 15) is 4.79 Å². The van der Waals surface area contributed by atoms with Crippen molar-refractivity contribution in [3.05, 3.63) is 42.2 Å². The van der Waals surface area contributed by atoms with Crippen molar-refractivity contribution in [3.63, 3.8) is 0 Å². The van der Waals surface area contributed by atoms with Crippen LogP contribution in [0.4, 0.5) is 5.82 Å². The average Bonchev–Trinajstić information content (AvgIpc) is 3.26. The fraction of sp³-hybridized carbons (Fsp3) is 0.312. The van der Waals surface area contributed by atoms with Crippen LogP contribution >= 0.6 is 0 Å². The van der Waals surface area contributed by atoms with Gasteiger partial charge in [-0.25, -0.2) is 4.98 Å². The number of rotatable bonds is 3. The van der Waals surface area contributed by atoms with Crippen molar-refractivity contribution in [2.24, 2.45) is 5.92 Å². The Morgan fingerprint density at radius 3 is 3.22 bits per heavy atom. The summed E-state index contributed by atoms with van der Waals surface area (Å²) in [6.45, 7) is 2.71. The maximum Gasteiger partial charge on any atom is 0.229 e. The van der Waals surface area contributed by atoms with Gasteiger partial charge in [-0.05, 0) is 25.5 Å². The van der Waals surface area contributed by atoms with Crippen LogP contribution in [0.15, 0.2) is 35.1 Å². The molecule has 3 aromatic heterocycles. The maximum atomic E-state index is 12.4. The van der Waals surface area contributed by atoms with Crippen LogP contribution in [0.2, 0.25) is 0 Å². The highest BCUT2D eigenvalue weighted by Gasteiger charge is 2.25. The summed E-state index contributed by atoms with van der Waals surface area (Å²) in [7, 11) is 0. The molecule has 0 saturated heterocycles. The third-order valence-electron chi connectivity index (χ3n) is 4.18. The molecule has 0 radical (unpaired) electrons. The molecule has 1 unspecified atom stereocenters. The first kappa shape index (κ1) is 13.8. The van der Waals surface area contributed by atoms with E-state index < -0.39 is 0 Å². The van der Waals surface area contributed by atoms with Gasteiger partial charge in [-0.3, -0.25) is 9.89 Å². The molecule has 0 spiro atoms. The number of aromatic nitrogens is 4. The maximum absolute atomic E-state index is 12.4. The van der Waals surface area contributed by atoms with Crippen LogP contribution in [0, 0.1) is 12.8 Å². The lowest BCUT2D eigenvalue weighted by atomic mass is 9.95. The van der Waals surface area contributed by atoms with E-state index in [1.54, 1.807) is 6.07 Å². The third-order valence-corrected chi connectivity index (χ3v) is 4.18. The summed E-state index contributed by atoms with van der Waals surface area (Å²) in [5.74, 6) is 1.99. The molecule has 0 aromatic carbocycles. The molecule has 118 valence electrons. The zero-order chi connectivity index (χ0) is 15.8. The van der Waals surface area contributed by atoms with Crippen molar-refractivity contribution in [1.29, 1.82) is 0 Å². The normalized spacial score (nSPS) is 17.0. The van der Waals surface area contributed by atoms with Crippen molar-refractivity contribution in [3.8, 4) is 11.5 Å². The molecule has 1 aliphatic heterocycles. The summed E-state index contributed by atoms with van der Waals surface area (Å²) in [5.41, 5.74) is 1.85. The first-order valence-corrected chi connectivity index (χ1v) is 7.61. The van der Waals surface area contributed by atoms with Crippen LogP contribution in [0.25, 0.3) is 11.5 Å². The number of anilines is 1. The molecule has 4 rings (SSSR count). The zero-order valence-corrected chi connectivity index (χ0v) is 12.7. The lowest BCUT2D eigenvalue weighted by molar-refractivity contribution is -0.120. The van der Waals surface area contributed by atoms with E-state index in [0.29, 0.717) is 18.0 Å². The lowest BCUT2D eigenvalue weighted by Gasteiger charge is -2.22. The van der Waals surface area contributed by atoms with Gasteiger partial charge in [0.15, 0.2) is 11.6 Å². The van der Waals surface area contributed by atoms with Gasteiger partial charge in [0.2, 0.25) is 5.91 Å². The standard InChI is InChI=1S/C16H17N5O2/c1-10-2-3-14(23-10)13-7-15(20-19-13)18-16(22)11-4-5-21-9-17-8-12(21)6-11/h2-3,7-9,11H,4-6H2,1H3,(H2,18,19,20,22). The zero-order valence-electron chi connectivity index (χ0n) is 12.7. The number of hydrogen-bond donors (Lipinski definition) is 2. The predicted octanol–water partition coefficient (Wildman–Crippen LogP) is 2.38. The molecule has 3 aromatic rings. The Morgan fingerprint density at radius 2 is 2.39 bits per heavy atom. The van der Waals surface area contributed by atoms with Gasteiger partial charge >= 0.3 is 0 Å². The van der Waals surface area contributed by atoms with Crippen LogP contribution in [0.5, 0.6) is 0 Å². The predicted molar refractivity (Wildman–Crippen MR) is 83.7 cm³/mol. The summed E-state index contributed by atoms with van der Waals surface area (Å²) < 4.78 is 7.63. The molecular formula is C16H17N5O2. The average molecular weight is 311 g/mol. The molecule has 23 heavy (non-hydrogen) atoms. The van der Waals surface area contributed by atoms with E-state index in [0.717, 1.165) is 30.1 Å². The number of fused-ring (bicyclic) bond motifs is 1. The second kappa shape index (κ2) is 5.42. The number of nitrogens with one attached hydrogen (secondary N) is 2. The molecule has 4 heterocycles. The Bertz CT molecular complexity index is 844. The smallest absolute Gasteiger partial charge is 0.229 e. The van der Waals surface area contributed by atoms with Gasteiger partial charge in [-0.1, -0.05) is 0 Å². The van der Waals surface area contributed by atoms with E-state index in [1.165, 1.54) is 0 Å². The quantitative estimate of drug-likeness (QED) is 0.777. The minimum absolute atomic E-state index is 0.00822. The second-order valence-corrected chi connectivity index (χ2v) is 5.83. The van der Waals surface area contributed by atoms with Gasteiger partial charge < -0.3 is 14.3 Å². The number of aromatic amines is 1. The van der Waals surface area contributed by atoms with Gasteiger partial charge in [-0.15, -0.1) is 0 Å². The number of nitrogens with zero attached hydrogens (tertiary/aromatic N) is 3. The number of furan rings is 1. The number of H-pyrrole nitrogens is 1. The summed E-state index contributed by atoms with van der Waals surface area (Å²) in [4.78, 5) is 16.6. The van der Waals surface area contributed by atoms with Gasteiger partial charge in [0.05, 0.1) is 6.33 Å². The highest BCUT2D eigenvalue weighted by molar-refractivity contribution is 5.92. The number of carbonyl (C=O) groups is 1.